The number of rotatable bonds is 7. The lowest BCUT2D eigenvalue weighted by Gasteiger charge is -2.22. The van der Waals surface area contributed by atoms with Gasteiger partial charge in [-0.15, -0.1) is 0 Å². The third-order valence-corrected chi connectivity index (χ3v) is 3.33. The molecule has 0 saturated heterocycles. The smallest absolute Gasteiger partial charge is 0.319 e. The third-order valence-electron chi connectivity index (χ3n) is 2.43. The monoisotopic (exact) mass is 298 g/mol. The molecule has 0 atom stereocenters. The second-order valence-corrected chi connectivity index (χ2v) is 5.53. The number of carbonyl (C=O) groups is 1. The standard InChI is InChI=1S/C14H19ClN2OS/c1-3-4-10-17(11-12(2)15)14(18)16-19-13-8-6-5-7-9-13/h5-9H,2-4,10-11H2,1H3,(H,16,18). The Labute approximate surface area is 124 Å². The van der Waals surface area contributed by atoms with Gasteiger partial charge in [-0.25, -0.2) is 4.79 Å². The number of hydrogen-bond donors (Lipinski definition) is 1. The van der Waals surface area contributed by atoms with E-state index in [1.807, 2.05) is 30.3 Å². The van der Waals surface area contributed by atoms with E-state index >= 15 is 0 Å². The molecule has 19 heavy (non-hydrogen) atoms. The molecule has 5 heteroatoms. The van der Waals surface area contributed by atoms with Crippen LogP contribution < -0.4 is 4.72 Å². The van der Waals surface area contributed by atoms with Crippen LogP contribution in [-0.4, -0.2) is 24.0 Å². The molecule has 0 bridgehead atoms. The summed E-state index contributed by atoms with van der Waals surface area (Å²) in [6.45, 7) is 6.79. The summed E-state index contributed by atoms with van der Waals surface area (Å²) in [4.78, 5) is 14.7. The van der Waals surface area contributed by atoms with Crippen molar-refractivity contribution in [3.8, 4) is 0 Å². The summed E-state index contributed by atoms with van der Waals surface area (Å²) in [6, 6.07) is 9.57. The van der Waals surface area contributed by atoms with Gasteiger partial charge >= 0.3 is 6.03 Å². The van der Waals surface area contributed by atoms with Crippen LogP contribution in [0.3, 0.4) is 0 Å². The second kappa shape index (κ2) is 8.88. The third kappa shape index (κ3) is 6.55. The molecule has 0 aliphatic rings. The van der Waals surface area contributed by atoms with Gasteiger partial charge in [-0.05, 0) is 30.5 Å². The first-order valence-electron chi connectivity index (χ1n) is 6.23. The average molecular weight is 299 g/mol. The minimum absolute atomic E-state index is 0.135. The Bertz CT molecular complexity index is 411. The number of carbonyl (C=O) groups excluding carboxylic acids is 1. The lowest BCUT2D eigenvalue weighted by atomic mass is 10.3. The maximum Gasteiger partial charge on any atom is 0.327 e. The van der Waals surface area contributed by atoms with Crippen LogP contribution in [0.15, 0.2) is 46.8 Å². The minimum atomic E-state index is -0.135. The molecule has 1 N–H and O–H groups in total. The number of urea groups is 1. The molecule has 0 aliphatic heterocycles. The maximum absolute atomic E-state index is 12.1. The van der Waals surface area contributed by atoms with Crippen LogP contribution in [-0.2, 0) is 0 Å². The molecule has 1 aromatic carbocycles. The fourth-order valence-electron chi connectivity index (χ4n) is 1.46. The molecular weight excluding hydrogens is 280 g/mol. The van der Waals surface area contributed by atoms with Gasteiger partial charge in [0.25, 0.3) is 0 Å². The van der Waals surface area contributed by atoms with Gasteiger partial charge in [-0.2, -0.15) is 0 Å². The van der Waals surface area contributed by atoms with Crippen molar-refractivity contribution in [3.05, 3.63) is 41.9 Å². The Hall–Kier alpha value is -1.13. The number of hydrogen-bond acceptors (Lipinski definition) is 2. The van der Waals surface area contributed by atoms with Crippen molar-refractivity contribution in [2.24, 2.45) is 0 Å². The van der Waals surface area contributed by atoms with E-state index in [-0.39, 0.29) is 6.03 Å². The van der Waals surface area contributed by atoms with Gasteiger partial charge in [0.05, 0.1) is 6.54 Å². The number of nitrogens with zero attached hydrogens (tertiary/aromatic N) is 1. The molecule has 0 aliphatic carbocycles. The van der Waals surface area contributed by atoms with Gasteiger partial charge in [0.2, 0.25) is 0 Å². The molecule has 0 spiro atoms. The zero-order valence-electron chi connectivity index (χ0n) is 11.1. The van der Waals surface area contributed by atoms with Gasteiger partial charge in [-0.1, -0.05) is 49.7 Å². The number of halogens is 1. The van der Waals surface area contributed by atoms with Gasteiger partial charge < -0.3 is 4.90 Å². The summed E-state index contributed by atoms with van der Waals surface area (Å²) >= 11 is 7.09. The number of unbranched alkanes of at least 4 members (excludes halogenated alkanes) is 1. The molecule has 1 aromatic rings. The highest BCUT2D eigenvalue weighted by molar-refractivity contribution is 7.98. The zero-order chi connectivity index (χ0) is 14.1. The largest absolute Gasteiger partial charge is 0.327 e. The van der Waals surface area contributed by atoms with E-state index in [9.17, 15) is 4.79 Å². The number of amides is 2. The molecule has 0 heterocycles. The molecule has 2 amide bonds. The van der Waals surface area contributed by atoms with Crippen LogP contribution >= 0.6 is 23.5 Å². The summed E-state index contributed by atoms with van der Waals surface area (Å²) in [5.41, 5.74) is 0. The zero-order valence-corrected chi connectivity index (χ0v) is 12.6. The van der Waals surface area contributed by atoms with Crippen molar-refractivity contribution in [1.29, 1.82) is 0 Å². The normalized spacial score (nSPS) is 10.0. The van der Waals surface area contributed by atoms with Crippen LogP contribution in [0, 0.1) is 0 Å². The topological polar surface area (TPSA) is 32.3 Å². The van der Waals surface area contributed by atoms with Crippen molar-refractivity contribution in [2.45, 2.75) is 24.7 Å². The Morgan fingerprint density at radius 3 is 2.68 bits per heavy atom. The first kappa shape index (κ1) is 15.9. The molecule has 0 unspecified atom stereocenters. The summed E-state index contributed by atoms with van der Waals surface area (Å²) in [5, 5.41) is 0.468. The minimum Gasteiger partial charge on any atom is -0.319 e. The Kier molecular flexibility index (Phi) is 7.45. The number of nitrogens with one attached hydrogen (secondary N) is 1. The summed E-state index contributed by atoms with van der Waals surface area (Å²) in [7, 11) is 0. The van der Waals surface area contributed by atoms with E-state index < -0.39 is 0 Å². The molecule has 0 radical (unpaired) electrons. The molecule has 0 aromatic heterocycles. The van der Waals surface area contributed by atoms with Gasteiger partial charge in [0, 0.05) is 16.5 Å². The maximum atomic E-state index is 12.1. The number of benzene rings is 1. The van der Waals surface area contributed by atoms with Crippen LogP contribution in [0.2, 0.25) is 0 Å². The van der Waals surface area contributed by atoms with E-state index in [4.69, 9.17) is 11.6 Å². The molecule has 0 fully saturated rings. The van der Waals surface area contributed by atoms with Crippen LogP contribution in [0.5, 0.6) is 0 Å². The van der Waals surface area contributed by atoms with Gasteiger partial charge in [0.15, 0.2) is 0 Å². The van der Waals surface area contributed by atoms with Crippen molar-refractivity contribution in [2.75, 3.05) is 13.1 Å². The Morgan fingerprint density at radius 2 is 2.11 bits per heavy atom. The summed E-state index contributed by atoms with van der Waals surface area (Å²) < 4.78 is 2.82. The van der Waals surface area contributed by atoms with Crippen LogP contribution in [0.1, 0.15) is 19.8 Å². The molecule has 1 rings (SSSR count). The fraction of sp³-hybridized carbons (Fsp3) is 0.357. The van der Waals surface area contributed by atoms with Crippen LogP contribution in [0.25, 0.3) is 0 Å². The highest BCUT2D eigenvalue weighted by Gasteiger charge is 2.13. The lowest BCUT2D eigenvalue weighted by molar-refractivity contribution is 0.209. The lowest BCUT2D eigenvalue weighted by Crippen LogP contribution is -2.38. The van der Waals surface area contributed by atoms with Gasteiger partial charge in [0.1, 0.15) is 0 Å². The molecular formula is C14H19ClN2OS. The Balaban J connectivity index is 2.48. The molecule has 0 saturated carbocycles. The van der Waals surface area contributed by atoms with Crippen molar-refractivity contribution in [3.63, 3.8) is 0 Å². The predicted molar refractivity (Wildman–Crippen MR) is 82.3 cm³/mol. The first-order valence-corrected chi connectivity index (χ1v) is 7.43. The quantitative estimate of drug-likeness (QED) is 0.763. The van der Waals surface area contributed by atoms with Crippen molar-refractivity contribution >= 4 is 29.6 Å². The van der Waals surface area contributed by atoms with E-state index in [1.165, 1.54) is 11.9 Å². The van der Waals surface area contributed by atoms with E-state index in [0.29, 0.717) is 18.1 Å². The SMILES string of the molecule is C=C(Cl)CN(CCCC)C(=O)NSc1ccccc1. The van der Waals surface area contributed by atoms with E-state index in [0.717, 1.165) is 17.7 Å². The first-order chi connectivity index (χ1) is 9.13. The highest BCUT2D eigenvalue weighted by Crippen LogP contribution is 2.14. The summed E-state index contributed by atoms with van der Waals surface area (Å²) in [5.74, 6) is 0. The second-order valence-electron chi connectivity index (χ2n) is 4.11. The molecule has 3 nitrogen and oxygen atoms in total. The average Bonchev–Trinajstić information content (AvgIpc) is 2.41. The van der Waals surface area contributed by atoms with E-state index in [1.54, 1.807) is 4.90 Å². The predicted octanol–water partition coefficient (Wildman–Crippen LogP) is 4.26. The molecule has 104 valence electrons. The van der Waals surface area contributed by atoms with Crippen molar-refractivity contribution in [1.82, 2.24) is 9.62 Å². The van der Waals surface area contributed by atoms with E-state index in [2.05, 4.69) is 18.2 Å². The van der Waals surface area contributed by atoms with Gasteiger partial charge in [-0.3, -0.25) is 4.72 Å². The van der Waals surface area contributed by atoms with Crippen LogP contribution in [0.4, 0.5) is 4.79 Å². The van der Waals surface area contributed by atoms with Crippen molar-refractivity contribution < 1.29 is 4.79 Å². The summed E-state index contributed by atoms with van der Waals surface area (Å²) in [6.07, 6.45) is 1.98. The Morgan fingerprint density at radius 1 is 1.42 bits per heavy atom. The highest BCUT2D eigenvalue weighted by atomic mass is 35.5. The fourth-order valence-corrected chi connectivity index (χ4v) is 2.24.